The second-order valence-electron chi connectivity index (χ2n) is 4.89. The summed E-state index contributed by atoms with van der Waals surface area (Å²) < 4.78 is 5.63. The minimum absolute atomic E-state index is 0. The Kier molecular flexibility index (Phi) is 10.4. The maximum atomic E-state index is 8.59. The molecule has 0 atom stereocenters. The fourth-order valence-corrected chi connectivity index (χ4v) is 1.59. The first-order valence-electron chi connectivity index (χ1n) is 5.35. The number of aliphatic hydroxyl groups excluding tert-OH is 2. The van der Waals surface area contributed by atoms with Crippen molar-refractivity contribution in [1.29, 1.82) is 0 Å². The Balaban J connectivity index is 0. The lowest BCUT2D eigenvalue weighted by atomic mass is 10.2. The molecule has 0 aliphatic rings. The molecule has 0 bridgehead atoms. The van der Waals surface area contributed by atoms with Gasteiger partial charge < -0.3 is 14.6 Å². The maximum Gasteiger partial charge on any atom is 0.192 e. The van der Waals surface area contributed by atoms with Crippen molar-refractivity contribution < 1.29 is 24.8 Å². The largest absolute Gasteiger partial charge is 0.414 e. The smallest absolute Gasteiger partial charge is 0.192 e. The quantitative estimate of drug-likeness (QED) is 0.393. The lowest BCUT2D eigenvalue weighted by Crippen LogP contribution is -2.41. The molecule has 0 amide bonds. The van der Waals surface area contributed by atoms with E-state index in [9.17, 15) is 0 Å². The van der Waals surface area contributed by atoms with Gasteiger partial charge in [-0.05, 0) is 18.1 Å². The molecule has 0 rings (SSSR count). The standard InChI is InChI=1S/C8H20O2Si.C2H6O3/c1-8(2,3)11(4,5)10-7-6-9;3-1-2-5-4/h9H,6-7H2,1-5H3;3-4H,1-2H2. The summed E-state index contributed by atoms with van der Waals surface area (Å²) in [5.41, 5.74) is 0. The molecule has 5 nitrogen and oxygen atoms in total. The van der Waals surface area contributed by atoms with Crippen molar-refractivity contribution in [2.24, 2.45) is 0 Å². The summed E-state index contributed by atoms with van der Waals surface area (Å²) >= 11 is 0. The van der Waals surface area contributed by atoms with Crippen LogP contribution in [0, 0.1) is 0 Å². The third kappa shape index (κ3) is 9.26. The van der Waals surface area contributed by atoms with Gasteiger partial charge in [-0.2, -0.15) is 0 Å². The molecular formula is C10H26O5Si. The molecule has 0 spiro atoms. The highest BCUT2D eigenvalue weighted by Gasteiger charge is 2.36. The molecule has 0 aromatic rings. The highest BCUT2D eigenvalue weighted by molar-refractivity contribution is 6.74. The topological polar surface area (TPSA) is 79.2 Å². The van der Waals surface area contributed by atoms with Crippen LogP contribution < -0.4 is 0 Å². The molecule has 16 heavy (non-hydrogen) atoms. The van der Waals surface area contributed by atoms with Crippen molar-refractivity contribution in [2.45, 2.75) is 38.9 Å². The van der Waals surface area contributed by atoms with Crippen molar-refractivity contribution in [1.82, 2.24) is 0 Å². The predicted octanol–water partition coefficient (Wildman–Crippen LogP) is 1.47. The molecule has 100 valence electrons. The maximum absolute atomic E-state index is 8.59. The van der Waals surface area contributed by atoms with E-state index < -0.39 is 8.32 Å². The molecule has 0 aromatic carbocycles. The van der Waals surface area contributed by atoms with Crippen LogP contribution in [-0.4, -0.2) is 50.2 Å². The molecule has 0 saturated carbocycles. The first-order chi connectivity index (χ1) is 7.22. The van der Waals surface area contributed by atoms with Gasteiger partial charge in [0.25, 0.3) is 0 Å². The van der Waals surface area contributed by atoms with E-state index in [1.165, 1.54) is 0 Å². The van der Waals surface area contributed by atoms with E-state index in [-0.39, 0.29) is 24.9 Å². The van der Waals surface area contributed by atoms with Crippen molar-refractivity contribution in [2.75, 3.05) is 26.4 Å². The Morgan fingerprint density at radius 2 is 1.44 bits per heavy atom. The number of hydrogen-bond acceptors (Lipinski definition) is 5. The fourth-order valence-electron chi connectivity index (χ4n) is 0.558. The predicted molar refractivity (Wildman–Crippen MR) is 65.9 cm³/mol. The summed E-state index contributed by atoms with van der Waals surface area (Å²) in [5.74, 6) is 0. The van der Waals surface area contributed by atoms with Gasteiger partial charge in [0.1, 0.15) is 6.61 Å². The normalized spacial score (nSPS) is 12.0. The van der Waals surface area contributed by atoms with Gasteiger partial charge >= 0.3 is 0 Å². The van der Waals surface area contributed by atoms with Gasteiger partial charge in [-0.25, -0.2) is 4.89 Å². The van der Waals surface area contributed by atoms with Crippen LogP contribution in [0.4, 0.5) is 0 Å². The number of aliphatic hydroxyl groups is 2. The van der Waals surface area contributed by atoms with Crippen LogP contribution in [0.3, 0.4) is 0 Å². The van der Waals surface area contributed by atoms with Gasteiger partial charge in [0.2, 0.25) is 0 Å². The zero-order valence-corrected chi connectivity index (χ0v) is 12.0. The molecule has 3 N–H and O–H groups in total. The zero-order chi connectivity index (χ0) is 13.2. The van der Waals surface area contributed by atoms with E-state index >= 15 is 0 Å². The summed E-state index contributed by atoms with van der Waals surface area (Å²) in [6.45, 7) is 11.4. The summed E-state index contributed by atoms with van der Waals surface area (Å²) in [6.07, 6.45) is 0. The molecule has 0 aromatic heterocycles. The Morgan fingerprint density at radius 3 is 1.62 bits per heavy atom. The third-order valence-corrected chi connectivity index (χ3v) is 7.08. The Morgan fingerprint density at radius 1 is 1.00 bits per heavy atom. The molecule has 0 radical (unpaired) electrons. The first-order valence-corrected chi connectivity index (χ1v) is 8.25. The van der Waals surface area contributed by atoms with Crippen molar-refractivity contribution >= 4 is 8.32 Å². The summed E-state index contributed by atoms with van der Waals surface area (Å²) in [5, 5.41) is 24.0. The van der Waals surface area contributed by atoms with E-state index in [0.29, 0.717) is 6.61 Å². The lowest BCUT2D eigenvalue weighted by Gasteiger charge is -2.35. The van der Waals surface area contributed by atoms with Gasteiger partial charge in [-0.1, -0.05) is 20.8 Å². The second kappa shape index (κ2) is 9.09. The van der Waals surface area contributed by atoms with Crippen LogP contribution in [0.1, 0.15) is 20.8 Å². The average molecular weight is 254 g/mol. The average Bonchev–Trinajstić information content (AvgIpc) is 2.15. The van der Waals surface area contributed by atoms with Crippen molar-refractivity contribution in [3.8, 4) is 0 Å². The van der Waals surface area contributed by atoms with Crippen LogP contribution >= 0.6 is 0 Å². The van der Waals surface area contributed by atoms with Crippen LogP contribution in [-0.2, 0) is 9.31 Å². The van der Waals surface area contributed by atoms with Gasteiger partial charge in [-0.15, -0.1) is 0 Å². The van der Waals surface area contributed by atoms with Crippen LogP contribution in [0.5, 0.6) is 0 Å². The van der Waals surface area contributed by atoms with E-state index in [4.69, 9.17) is 19.9 Å². The first kappa shape index (κ1) is 18.4. The zero-order valence-electron chi connectivity index (χ0n) is 11.0. The third-order valence-electron chi connectivity index (χ3n) is 2.54. The SMILES string of the molecule is CC(C)(C)[Si](C)(C)OCCO.OCCOO. The summed E-state index contributed by atoms with van der Waals surface area (Å²) in [6, 6.07) is 0. The van der Waals surface area contributed by atoms with Crippen molar-refractivity contribution in [3.05, 3.63) is 0 Å². The molecule has 0 saturated heterocycles. The van der Waals surface area contributed by atoms with E-state index in [2.05, 4.69) is 38.8 Å². The molecule has 0 aliphatic heterocycles. The van der Waals surface area contributed by atoms with Crippen LogP contribution in [0.15, 0.2) is 0 Å². The Labute approximate surface area is 99.1 Å². The van der Waals surface area contributed by atoms with E-state index in [0.717, 1.165) is 0 Å². The highest BCUT2D eigenvalue weighted by atomic mass is 28.4. The van der Waals surface area contributed by atoms with Gasteiger partial charge in [0, 0.05) is 0 Å². The lowest BCUT2D eigenvalue weighted by molar-refractivity contribution is -0.246. The van der Waals surface area contributed by atoms with Crippen molar-refractivity contribution in [3.63, 3.8) is 0 Å². The minimum atomic E-state index is -1.59. The molecule has 0 aliphatic carbocycles. The number of hydrogen-bond donors (Lipinski definition) is 3. The Hall–Kier alpha value is 0.0169. The van der Waals surface area contributed by atoms with Crippen LogP contribution in [0.2, 0.25) is 18.1 Å². The molecule has 0 fully saturated rings. The van der Waals surface area contributed by atoms with Gasteiger partial charge in [0.05, 0.1) is 19.8 Å². The second-order valence-corrected chi connectivity index (χ2v) is 9.70. The summed E-state index contributed by atoms with van der Waals surface area (Å²) in [4.78, 5) is 3.44. The van der Waals surface area contributed by atoms with E-state index in [1.54, 1.807) is 0 Å². The fraction of sp³-hybridized carbons (Fsp3) is 1.00. The minimum Gasteiger partial charge on any atom is -0.414 e. The molecule has 0 unspecified atom stereocenters. The highest BCUT2D eigenvalue weighted by Crippen LogP contribution is 2.36. The van der Waals surface area contributed by atoms with Gasteiger partial charge in [-0.3, -0.25) is 5.26 Å². The molecule has 0 heterocycles. The summed E-state index contributed by atoms with van der Waals surface area (Å²) in [7, 11) is -1.59. The number of rotatable bonds is 5. The Bertz CT molecular complexity index is 154. The van der Waals surface area contributed by atoms with Gasteiger partial charge in [0.15, 0.2) is 8.32 Å². The molecule has 6 heteroatoms. The van der Waals surface area contributed by atoms with E-state index in [1.807, 2.05) is 0 Å². The van der Waals surface area contributed by atoms with Crippen LogP contribution in [0.25, 0.3) is 0 Å². The molecular weight excluding hydrogens is 228 g/mol. The monoisotopic (exact) mass is 254 g/mol.